The molecular formula is C13H20BrNOS. The van der Waals surface area contributed by atoms with E-state index < -0.39 is 0 Å². The molecule has 2 nitrogen and oxygen atoms in total. The van der Waals surface area contributed by atoms with Crippen molar-refractivity contribution in [2.24, 2.45) is 5.92 Å². The highest BCUT2D eigenvalue weighted by atomic mass is 79.9. The molecule has 0 aromatic carbocycles. The highest BCUT2D eigenvalue weighted by Crippen LogP contribution is 2.23. The van der Waals surface area contributed by atoms with Gasteiger partial charge in [-0.15, -0.1) is 11.3 Å². The van der Waals surface area contributed by atoms with Crippen LogP contribution in [0.2, 0.25) is 0 Å². The van der Waals surface area contributed by atoms with Gasteiger partial charge in [0.1, 0.15) is 0 Å². The van der Waals surface area contributed by atoms with Crippen molar-refractivity contribution in [1.82, 2.24) is 5.32 Å². The lowest BCUT2D eigenvalue weighted by Gasteiger charge is -2.32. The van der Waals surface area contributed by atoms with Gasteiger partial charge in [0, 0.05) is 24.1 Å². The zero-order valence-corrected chi connectivity index (χ0v) is 12.8. The average Bonchev–Trinajstić information content (AvgIpc) is 2.73. The van der Waals surface area contributed by atoms with Gasteiger partial charge in [0.05, 0.1) is 9.89 Å². The second-order valence-electron chi connectivity index (χ2n) is 4.96. The van der Waals surface area contributed by atoms with E-state index in [9.17, 15) is 0 Å². The van der Waals surface area contributed by atoms with Crippen LogP contribution in [0, 0.1) is 5.92 Å². The first kappa shape index (κ1) is 13.5. The molecule has 2 rings (SSSR count). The van der Waals surface area contributed by atoms with Crippen molar-refractivity contribution in [3.8, 4) is 0 Å². The summed E-state index contributed by atoms with van der Waals surface area (Å²) in [5.74, 6) is 0.621. The summed E-state index contributed by atoms with van der Waals surface area (Å²) in [5, 5.41) is 3.65. The zero-order valence-electron chi connectivity index (χ0n) is 10.4. The lowest BCUT2D eigenvalue weighted by atomic mass is 9.95. The van der Waals surface area contributed by atoms with Crippen LogP contribution in [0.1, 0.15) is 31.6 Å². The van der Waals surface area contributed by atoms with Crippen LogP contribution in [0.25, 0.3) is 0 Å². The second-order valence-corrected chi connectivity index (χ2v) is 7.51. The molecule has 4 heteroatoms. The van der Waals surface area contributed by atoms with Crippen molar-refractivity contribution in [2.75, 3.05) is 6.61 Å². The predicted octanol–water partition coefficient (Wildman–Crippen LogP) is 3.80. The molecule has 1 N–H and O–H groups in total. The summed E-state index contributed by atoms with van der Waals surface area (Å²) in [6.45, 7) is 6.35. The standard InChI is InChI=1S/C13H20BrNOS/c1-9(2)12-7-10(5-6-16-12)15-8-11-3-4-13(14)17-11/h3-4,9-10,12,15H,5-8H2,1-2H3. The van der Waals surface area contributed by atoms with Crippen molar-refractivity contribution < 1.29 is 4.74 Å². The summed E-state index contributed by atoms with van der Waals surface area (Å²) in [6.07, 6.45) is 2.70. The number of hydrogen-bond acceptors (Lipinski definition) is 3. The number of hydrogen-bond donors (Lipinski definition) is 1. The summed E-state index contributed by atoms with van der Waals surface area (Å²) >= 11 is 5.30. The first-order valence-corrected chi connectivity index (χ1v) is 7.85. The Bertz CT molecular complexity index is 353. The molecule has 1 aliphatic rings. The molecule has 1 aromatic rings. The maximum Gasteiger partial charge on any atom is 0.0701 e. The number of nitrogens with one attached hydrogen (secondary N) is 1. The van der Waals surface area contributed by atoms with Gasteiger partial charge >= 0.3 is 0 Å². The SMILES string of the molecule is CC(C)C1CC(NCc2ccc(Br)s2)CCO1. The molecule has 17 heavy (non-hydrogen) atoms. The monoisotopic (exact) mass is 317 g/mol. The Labute approximate surface area is 116 Å². The third kappa shape index (κ3) is 4.05. The maximum atomic E-state index is 5.78. The maximum absolute atomic E-state index is 5.78. The van der Waals surface area contributed by atoms with Gasteiger partial charge < -0.3 is 10.1 Å². The van der Waals surface area contributed by atoms with Gasteiger partial charge in [0.2, 0.25) is 0 Å². The minimum absolute atomic E-state index is 0.427. The molecule has 0 spiro atoms. The van der Waals surface area contributed by atoms with Crippen LogP contribution in [-0.2, 0) is 11.3 Å². The van der Waals surface area contributed by atoms with Crippen LogP contribution in [0.4, 0.5) is 0 Å². The van der Waals surface area contributed by atoms with Crippen molar-refractivity contribution >= 4 is 27.3 Å². The Morgan fingerprint density at radius 3 is 3.00 bits per heavy atom. The molecule has 0 bridgehead atoms. The van der Waals surface area contributed by atoms with Crippen LogP contribution < -0.4 is 5.32 Å². The van der Waals surface area contributed by atoms with Crippen LogP contribution in [0.5, 0.6) is 0 Å². The van der Waals surface area contributed by atoms with Crippen LogP contribution in [-0.4, -0.2) is 18.8 Å². The molecule has 0 radical (unpaired) electrons. The van der Waals surface area contributed by atoms with E-state index in [4.69, 9.17) is 4.74 Å². The minimum atomic E-state index is 0.427. The van der Waals surface area contributed by atoms with E-state index in [1.165, 1.54) is 8.66 Å². The van der Waals surface area contributed by atoms with Crippen molar-refractivity contribution in [3.63, 3.8) is 0 Å². The third-order valence-electron chi connectivity index (χ3n) is 3.25. The van der Waals surface area contributed by atoms with Gasteiger partial charge in [-0.3, -0.25) is 0 Å². The van der Waals surface area contributed by atoms with E-state index in [1.54, 1.807) is 11.3 Å². The van der Waals surface area contributed by atoms with E-state index in [0.717, 1.165) is 26.0 Å². The lowest BCUT2D eigenvalue weighted by molar-refractivity contribution is -0.0245. The largest absolute Gasteiger partial charge is 0.378 e. The summed E-state index contributed by atoms with van der Waals surface area (Å²) in [5.41, 5.74) is 0. The topological polar surface area (TPSA) is 21.3 Å². The first-order valence-electron chi connectivity index (χ1n) is 6.24. The summed E-state index contributed by atoms with van der Waals surface area (Å²) in [4.78, 5) is 1.39. The smallest absolute Gasteiger partial charge is 0.0701 e. The van der Waals surface area contributed by atoms with Crippen LogP contribution in [0.3, 0.4) is 0 Å². The Balaban J connectivity index is 1.79. The molecule has 1 fully saturated rings. The molecular weight excluding hydrogens is 298 g/mol. The molecule has 0 aliphatic carbocycles. The third-order valence-corrected chi connectivity index (χ3v) is 4.88. The number of thiophene rings is 1. The van der Waals surface area contributed by atoms with Gasteiger partial charge in [-0.2, -0.15) is 0 Å². The molecule has 2 heterocycles. The van der Waals surface area contributed by atoms with Gasteiger partial charge in [0.25, 0.3) is 0 Å². The van der Waals surface area contributed by atoms with E-state index in [1.807, 2.05) is 0 Å². The molecule has 1 aromatic heterocycles. The number of halogens is 1. The highest BCUT2D eigenvalue weighted by Gasteiger charge is 2.24. The van der Waals surface area contributed by atoms with E-state index in [-0.39, 0.29) is 0 Å². The van der Waals surface area contributed by atoms with Crippen molar-refractivity contribution in [2.45, 2.75) is 45.4 Å². The quantitative estimate of drug-likeness (QED) is 0.912. The van der Waals surface area contributed by atoms with Gasteiger partial charge in [-0.25, -0.2) is 0 Å². The molecule has 0 amide bonds. The van der Waals surface area contributed by atoms with Crippen molar-refractivity contribution in [3.05, 3.63) is 20.8 Å². The fourth-order valence-corrected chi connectivity index (χ4v) is 3.60. The van der Waals surface area contributed by atoms with Gasteiger partial charge in [0.15, 0.2) is 0 Å². The molecule has 96 valence electrons. The van der Waals surface area contributed by atoms with Gasteiger partial charge in [-0.1, -0.05) is 13.8 Å². The number of rotatable bonds is 4. The summed E-state index contributed by atoms with van der Waals surface area (Å²) in [7, 11) is 0. The van der Waals surface area contributed by atoms with Crippen molar-refractivity contribution in [1.29, 1.82) is 0 Å². The molecule has 2 unspecified atom stereocenters. The molecule has 1 saturated heterocycles. The van der Waals surface area contributed by atoms with E-state index in [2.05, 4.69) is 47.2 Å². The highest BCUT2D eigenvalue weighted by molar-refractivity contribution is 9.11. The van der Waals surface area contributed by atoms with Crippen LogP contribution in [0.15, 0.2) is 15.9 Å². The fourth-order valence-electron chi connectivity index (χ4n) is 2.17. The summed E-state index contributed by atoms with van der Waals surface area (Å²) < 4.78 is 6.99. The molecule has 0 saturated carbocycles. The Morgan fingerprint density at radius 2 is 2.35 bits per heavy atom. The van der Waals surface area contributed by atoms with Gasteiger partial charge in [-0.05, 0) is 46.8 Å². The zero-order chi connectivity index (χ0) is 12.3. The first-order chi connectivity index (χ1) is 8.15. The normalized spacial score (nSPS) is 25.4. The second kappa shape index (κ2) is 6.32. The lowest BCUT2D eigenvalue weighted by Crippen LogP contribution is -2.40. The Morgan fingerprint density at radius 1 is 1.53 bits per heavy atom. The fraction of sp³-hybridized carbons (Fsp3) is 0.692. The molecule has 1 aliphatic heterocycles. The Hall–Kier alpha value is 0.1000. The average molecular weight is 318 g/mol. The number of ether oxygens (including phenoxy) is 1. The predicted molar refractivity (Wildman–Crippen MR) is 76.5 cm³/mol. The summed E-state index contributed by atoms with van der Waals surface area (Å²) in [6, 6.07) is 4.90. The van der Waals surface area contributed by atoms with E-state index >= 15 is 0 Å². The minimum Gasteiger partial charge on any atom is -0.378 e. The van der Waals surface area contributed by atoms with Crippen LogP contribution >= 0.6 is 27.3 Å². The van der Waals surface area contributed by atoms with E-state index in [0.29, 0.717) is 18.1 Å². The Kier molecular flexibility index (Phi) is 5.03. The molecule has 2 atom stereocenters.